The molecule has 1 unspecified atom stereocenters. The number of H-pyrrole nitrogens is 1. The Bertz CT molecular complexity index is 1120. The molecule has 0 fully saturated rings. The number of amides is 1. The number of fused-ring (bicyclic) bond motifs is 1. The smallest absolute Gasteiger partial charge is 0.343 e. The van der Waals surface area contributed by atoms with Crippen LogP contribution in [0.3, 0.4) is 0 Å². The van der Waals surface area contributed by atoms with Crippen LogP contribution in [0.1, 0.15) is 33.3 Å². The summed E-state index contributed by atoms with van der Waals surface area (Å²) >= 11 is 1.49. The molecule has 3 heterocycles. The van der Waals surface area contributed by atoms with Crippen molar-refractivity contribution in [2.75, 3.05) is 6.54 Å². The van der Waals surface area contributed by atoms with Gasteiger partial charge in [0, 0.05) is 28.4 Å². The quantitative estimate of drug-likeness (QED) is 0.553. The van der Waals surface area contributed by atoms with Gasteiger partial charge in [0.2, 0.25) is 0 Å². The minimum absolute atomic E-state index is 0. The van der Waals surface area contributed by atoms with E-state index in [2.05, 4.69) is 15.5 Å². The molecule has 29 heavy (non-hydrogen) atoms. The van der Waals surface area contributed by atoms with Gasteiger partial charge in [0.15, 0.2) is 0 Å². The zero-order valence-electron chi connectivity index (χ0n) is 15.2. The van der Waals surface area contributed by atoms with Gasteiger partial charge in [-0.2, -0.15) is 5.10 Å². The van der Waals surface area contributed by atoms with Crippen LogP contribution >= 0.6 is 23.7 Å². The molecule has 1 aliphatic heterocycles. The summed E-state index contributed by atoms with van der Waals surface area (Å²) in [5, 5.41) is 8.96. The molecular weight excluding hydrogens is 417 g/mol. The molecule has 0 aliphatic carbocycles. The highest BCUT2D eigenvalue weighted by Crippen LogP contribution is 2.36. The molecule has 0 saturated carbocycles. The Morgan fingerprint density at radius 2 is 2.17 bits per heavy atom. The topological polar surface area (TPSA) is 106 Å². The summed E-state index contributed by atoms with van der Waals surface area (Å²) in [7, 11) is 0. The number of thiophene rings is 1. The number of nitrogens with one attached hydrogen (secondary N) is 2. The van der Waals surface area contributed by atoms with Crippen LogP contribution in [0.15, 0.2) is 53.4 Å². The minimum Gasteiger partial charge on any atom is -0.348 e. The van der Waals surface area contributed by atoms with Gasteiger partial charge in [-0.25, -0.2) is 14.3 Å². The lowest BCUT2D eigenvalue weighted by atomic mass is 10.0. The van der Waals surface area contributed by atoms with Gasteiger partial charge in [-0.05, 0) is 41.3 Å². The van der Waals surface area contributed by atoms with E-state index in [1.54, 1.807) is 0 Å². The molecule has 0 radical (unpaired) electrons. The zero-order valence-corrected chi connectivity index (χ0v) is 16.9. The van der Waals surface area contributed by atoms with Gasteiger partial charge < -0.3 is 11.1 Å². The SMILES string of the molecule is Cl.NC/C(=C/F)CC(c1ccc(-c2ccc3c(c2)C(=O)NC3)s1)n1cn[nH]c1=O. The van der Waals surface area contributed by atoms with Crippen molar-refractivity contribution in [2.24, 2.45) is 5.73 Å². The summed E-state index contributed by atoms with van der Waals surface area (Å²) in [5.74, 6) is -0.0721. The second-order valence-corrected chi connectivity index (χ2v) is 7.63. The Balaban J connectivity index is 0.00000240. The number of hydrogen-bond acceptors (Lipinski definition) is 5. The molecule has 0 saturated heterocycles. The fourth-order valence-corrected chi connectivity index (χ4v) is 4.39. The van der Waals surface area contributed by atoms with Crippen LogP contribution in [0.25, 0.3) is 10.4 Å². The van der Waals surface area contributed by atoms with Crippen LogP contribution in [-0.2, 0) is 6.54 Å². The predicted molar refractivity (Wildman–Crippen MR) is 112 cm³/mol. The largest absolute Gasteiger partial charge is 0.348 e. The molecule has 152 valence electrons. The van der Waals surface area contributed by atoms with Crippen molar-refractivity contribution in [2.45, 2.75) is 19.0 Å². The Morgan fingerprint density at radius 3 is 2.86 bits per heavy atom. The van der Waals surface area contributed by atoms with E-state index in [4.69, 9.17) is 5.73 Å². The summed E-state index contributed by atoms with van der Waals surface area (Å²) in [6.45, 7) is 0.616. The number of carbonyl (C=O) groups excluding carboxylic acids is 1. The zero-order chi connectivity index (χ0) is 19.7. The second-order valence-electron chi connectivity index (χ2n) is 6.52. The number of nitrogens with zero attached hydrogens (tertiary/aromatic N) is 2. The van der Waals surface area contributed by atoms with E-state index in [0.29, 0.717) is 24.0 Å². The molecule has 4 N–H and O–H groups in total. The average molecular weight is 436 g/mol. The van der Waals surface area contributed by atoms with Crippen molar-refractivity contribution in [1.29, 1.82) is 0 Å². The maximum absolute atomic E-state index is 13.1. The molecule has 10 heteroatoms. The predicted octanol–water partition coefficient (Wildman–Crippen LogP) is 2.76. The Kier molecular flexibility index (Phi) is 6.31. The first-order valence-corrected chi connectivity index (χ1v) is 9.53. The third-order valence-electron chi connectivity index (χ3n) is 4.82. The summed E-state index contributed by atoms with van der Waals surface area (Å²) in [6.07, 6.45) is 2.16. The third-order valence-corrected chi connectivity index (χ3v) is 6.05. The average Bonchev–Trinajstić information content (AvgIpc) is 3.44. The van der Waals surface area contributed by atoms with Crippen LogP contribution < -0.4 is 16.7 Å². The molecule has 3 aromatic rings. The Labute approximate surface area is 175 Å². The van der Waals surface area contributed by atoms with Crippen molar-refractivity contribution < 1.29 is 9.18 Å². The molecule has 4 rings (SSSR count). The summed E-state index contributed by atoms with van der Waals surface area (Å²) in [5.41, 5.74) is 8.23. The molecular formula is C19H19ClFN5O2S. The van der Waals surface area contributed by atoms with Crippen molar-refractivity contribution in [3.05, 3.63) is 75.1 Å². The van der Waals surface area contributed by atoms with Crippen LogP contribution in [0.4, 0.5) is 4.39 Å². The van der Waals surface area contributed by atoms with E-state index in [1.807, 2.05) is 30.3 Å². The first-order valence-electron chi connectivity index (χ1n) is 8.71. The highest BCUT2D eigenvalue weighted by atomic mass is 35.5. The first-order chi connectivity index (χ1) is 13.6. The van der Waals surface area contributed by atoms with Gasteiger partial charge in [-0.1, -0.05) is 12.1 Å². The first kappa shape index (κ1) is 21.0. The molecule has 1 aromatic carbocycles. The lowest BCUT2D eigenvalue weighted by molar-refractivity contribution is 0.0966. The standard InChI is InChI=1S/C19H18FN5O2S.ClH/c20-7-11(8-21)5-15(25-10-23-24-19(25)27)17-4-3-16(28-17)12-1-2-13-9-22-18(26)14(13)6-12;/h1-4,6-7,10,15H,5,8-9,21H2,(H,22,26)(H,24,27);1H/b11-7+;. The van der Waals surface area contributed by atoms with Crippen LogP contribution in [0, 0.1) is 0 Å². The van der Waals surface area contributed by atoms with Gasteiger partial charge >= 0.3 is 5.69 Å². The highest BCUT2D eigenvalue weighted by Gasteiger charge is 2.22. The van der Waals surface area contributed by atoms with Gasteiger partial charge in [-0.15, -0.1) is 23.7 Å². The fraction of sp³-hybridized carbons (Fsp3) is 0.211. The summed E-state index contributed by atoms with van der Waals surface area (Å²) in [4.78, 5) is 25.9. The number of aromatic nitrogens is 3. The van der Waals surface area contributed by atoms with E-state index in [0.717, 1.165) is 20.9 Å². The number of carbonyl (C=O) groups is 1. The van der Waals surface area contributed by atoms with E-state index in [1.165, 1.54) is 22.2 Å². The van der Waals surface area contributed by atoms with Gasteiger partial charge in [-0.3, -0.25) is 9.36 Å². The van der Waals surface area contributed by atoms with E-state index < -0.39 is 6.04 Å². The molecule has 2 aromatic heterocycles. The minimum atomic E-state index is -0.423. The summed E-state index contributed by atoms with van der Waals surface area (Å²) in [6, 6.07) is 9.21. The lowest BCUT2D eigenvalue weighted by Gasteiger charge is -2.16. The Hall–Kier alpha value is -2.75. The Morgan fingerprint density at radius 1 is 1.34 bits per heavy atom. The van der Waals surface area contributed by atoms with E-state index in [-0.39, 0.29) is 37.0 Å². The molecule has 1 atom stereocenters. The number of aromatic amines is 1. The van der Waals surface area contributed by atoms with Crippen molar-refractivity contribution >= 4 is 29.7 Å². The number of rotatable bonds is 6. The maximum atomic E-state index is 13.1. The molecule has 0 bridgehead atoms. The molecule has 0 spiro atoms. The summed E-state index contributed by atoms with van der Waals surface area (Å²) < 4.78 is 14.6. The van der Waals surface area contributed by atoms with Crippen LogP contribution in [0.2, 0.25) is 0 Å². The third kappa shape index (κ3) is 4.02. The number of nitrogens with two attached hydrogens (primary N) is 1. The van der Waals surface area contributed by atoms with Gasteiger partial charge in [0.1, 0.15) is 6.33 Å². The normalized spacial score (nSPS) is 14.3. The highest BCUT2D eigenvalue weighted by molar-refractivity contribution is 7.15. The number of halogens is 2. The molecule has 1 aliphatic rings. The van der Waals surface area contributed by atoms with E-state index in [9.17, 15) is 14.0 Å². The molecule has 7 nitrogen and oxygen atoms in total. The van der Waals surface area contributed by atoms with Crippen LogP contribution in [0.5, 0.6) is 0 Å². The van der Waals surface area contributed by atoms with Crippen LogP contribution in [-0.4, -0.2) is 27.2 Å². The number of hydrogen-bond donors (Lipinski definition) is 3. The molecule has 1 amide bonds. The van der Waals surface area contributed by atoms with Crippen molar-refractivity contribution in [1.82, 2.24) is 20.1 Å². The van der Waals surface area contributed by atoms with Crippen molar-refractivity contribution in [3.8, 4) is 10.4 Å². The lowest BCUT2D eigenvalue weighted by Crippen LogP contribution is -2.23. The number of benzene rings is 1. The van der Waals surface area contributed by atoms with Gasteiger partial charge in [0.25, 0.3) is 5.91 Å². The van der Waals surface area contributed by atoms with Crippen molar-refractivity contribution in [3.63, 3.8) is 0 Å². The fourth-order valence-electron chi connectivity index (χ4n) is 3.29. The van der Waals surface area contributed by atoms with E-state index >= 15 is 0 Å². The second kappa shape index (κ2) is 8.73. The van der Waals surface area contributed by atoms with Gasteiger partial charge in [0.05, 0.1) is 12.4 Å². The monoisotopic (exact) mass is 435 g/mol. The maximum Gasteiger partial charge on any atom is 0.343 e.